The minimum atomic E-state index is -2.36. The largest absolute Gasteiger partial charge is 0.436 e. The lowest BCUT2D eigenvalue weighted by molar-refractivity contribution is 0.327. The summed E-state index contributed by atoms with van der Waals surface area (Å²) in [6, 6.07) is 20.8. The number of nitrogens with zero attached hydrogens (tertiary/aromatic N) is 1. The number of benzene rings is 2. The van der Waals surface area contributed by atoms with E-state index in [4.69, 9.17) is 17.6 Å². The molecule has 0 saturated carbocycles. The lowest BCUT2D eigenvalue weighted by Gasteiger charge is -2.41. The van der Waals surface area contributed by atoms with Gasteiger partial charge in [-0.05, 0) is 93.3 Å². The topological polar surface area (TPSA) is 51.5 Å². The number of hydrogen-bond donors (Lipinski definition) is 0. The second-order valence-corrected chi connectivity index (χ2v) is 28.6. The minimum absolute atomic E-state index is 0.685. The van der Waals surface area contributed by atoms with Gasteiger partial charge in [-0.3, -0.25) is 0 Å². The van der Waals surface area contributed by atoms with Gasteiger partial charge in [0.1, 0.15) is 0 Å². The molecule has 0 radical (unpaired) electrons. The smallest absolute Gasteiger partial charge is 0.312 e. The average molecular weight is 586 g/mol. The zero-order chi connectivity index (χ0) is 28.5. The predicted octanol–water partition coefficient (Wildman–Crippen LogP) is 9.53. The van der Waals surface area contributed by atoms with Gasteiger partial charge in [-0.15, -0.1) is 0 Å². The van der Waals surface area contributed by atoms with E-state index < -0.39 is 33.8 Å². The number of rotatable bonds is 16. The highest BCUT2D eigenvalue weighted by atomic mass is 28.5. The summed E-state index contributed by atoms with van der Waals surface area (Å²) in [4.78, 5) is 0. The Morgan fingerprint density at radius 1 is 0.605 bits per heavy atom. The molecular weight excluding hydrogens is 535 g/mol. The summed E-state index contributed by atoms with van der Waals surface area (Å²) in [7, 11) is -8.43. The average Bonchev–Trinajstić information content (AvgIpc) is 2.79. The monoisotopic (exact) mass is 585 g/mol. The SMILES string of the molecule is CCCCCCCC[Si](C)(C)O[Si](C)(C)O[Si](C)(C)O[Si](C)(C)Cc1ccc(-c2ccc(C#N)cc2)cc1. The molecule has 210 valence electrons. The summed E-state index contributed by atoms with van der Waals surface area (Å²) in [5.41, 5.74) is 4.27. The van der Waals surface area contributed by atoms with Crippen molar-refractivity contribution in [3.05, 3.63) is 59.7 Å². The third-order valence-electron chi connectivity index (χ3n) is 6.60. The van der Waals surface area contributed by atoms with Crippen molar-refractivity contribution in [2.24, 2.45) is 0 Å². The fraction of sp³-hybridized carbons (Fsp3) is 0.567. The summed E-state index contributed by atoms with van der Waals surface area (Å²) < 4.78 is 20.4. The van der Waals surface area contributed by atoms with Crippen LogP contribution in [0, 0.1) is 11.3 Å². The van der Waals surface area contributed by atoms with Gasteiger partial charge in [0.2, 0.25) is 0 Å². The van der Waals surface area contributed by atoms with Gasteiger partial charge >= 0.3 is 17.1 Å². The zero-order valence-electron chi connectivity index (χ0n) is 25.4. The molecule has 0 heterocycles. The molecule has 8 heteroatoms. The highest BCUT2D eigenvalue weighted by molar-refractivity contribution is 6.89. The number of hydrogen-bond acceptors (Lipinski definition) is 4. The first-order valence-electron chi connectivity index (χ1n) is 14.4. The van der Waals surface area contributed by atoms with Crippen molar-refractivity contribution in [2.75, 3.05) is 0 Å². The molecular formula is C30H51NO3Si4. The Bertz CT molecular complexity index is 1030. The molecule has 4 nitrogen and oxygen atoms in total. The Labute approximate surface area is 237 Å². The molecule has 0 atom stereocenters. The molecule has 0 unspecified atom stereocenters. The molecule has 0 aliphatic rings. The van der Waals surface area contributed by atoms with Crippen LogP contribution in [0.2, 0.25) is 58.4 Å². The quantitative estimate of drug-likeness (QED) is 0.145. The Morgan fingerprint density at radius 3 is 1.61 bits per heavy atom. The fourth-order valence-electron chi connectivity index (χ4n) is 5.43. The Balaban J connectivity index is 1.92. The van der Waals surface area contributed by atoms with Crippen LogP contribution in [-0.2, 0) is 18.4 Å². The highest BCUT2D eigenvalue weighted by Gasteiger charge is 2.43. The van der Waals surface area contributed by atoms with Gasteiger partial charge in [-0.1, -0.05) is 81.8 Å². The molecule has 2 aromatic rings. The van der Waals surface area contributed by atoms with E-state index in [0.717, 1.165) is 17.2 Å². The Hall–Kier alpha value is -1.32. The molecule has 0 aliphatic carbocycles. The molecule has 0 aromatic heterocycles. The number of nitriles is 1. The molecule has 0 bridgehead atoms. The standard InChI is InChI=1S/C30H51NO3Si4/c1-10-11-12-13-14-15-24-35(2,3)32-37(6,7)34-38(8,9)33-36(4,5)26-28-18-22-30(23-19-28)29-20-16-27(25-31)17-21-29/h16-23H,10-15,24,26H2,1-9H3. The van der Waals surface area contributed by atoms with Gasteiger partial charge < -0.3 is 12.3 Å². The summed E-state index contributed by atoms with van der Waals surface area (Å²) in [6.07, 6.45) is 7.96. The first kappa shape index (κ1) is 32.9. The molecule has 0 fully saturated rings. The van der Waals surface area contributed by atoms with Gasteiger partial charge in [-0.2, -0.15) is 5.26 Å². The second kappa shape index (κ2) is 14.4. The molecule has 0 amide bonds. The fourth-order valence-corrected chi connectivity index (χ4v) is 24.9. The van der Waals surface area contributed by atoms with Crippen LogP contribution < -0.4 is 0 Å². The molecule has 2 aromatic carbocycles. The molecule has 0 aliphatic heterocycles. The van der Waals surface area contributed by atoms with E-state index in [1.54, 1.807) is 0 Å². The van der Waals surface area contributed by atoms with E-state index in [0.29, 0.717) is 5.56 Å². The maximum Gasteiger partial charge on any atom is 0.312 e. The first-order chi connectivity index (χ1) is 17.7. The van der Waals surface area contributed by atoms with Crippen LogP contribution in [0.3, 0.4) is 0 Å². The van der Waals surface area contributed by atoms with E-state index in [9.17, 15) is 0 Å². The Kier molecular flexibility index (Phi) is 12.4. The molecule has 0 N–H and O–H groups in total. The van der Waals surface area contributed by atoms with E-state index in [1.807, 2.05) is 24.3 Å². The van der Waals surface area contributed by atoms with Crippen LogP contribution in [-0.4, -0.2) is 33.8 Å². The van der Waals surface area contributed by atoms with E-state index >= 15 is 0 Å². The van der Waals surface area contributed by atoms with Crippen LogP contribution in [0.1, 0.15) is 56.6 Å². The van der Waals surface area contributed by atoms with Crippen molar-refractivity contribution < 1.29 is 12.3 Å². The van der Waals surface area contributed by atoms with Crippen molar-refractivity contribution in [3.8, 4) is 17.2 Å². The van der Waals surface area contributed by atoms with Crippen molar-refractivity contribution in [2.45, 2.75) is 110 Å². The summed E-state index contributed by atoms with van der Waals surface area (Å²) in [5, 5.41) is 9.03. The van der Waals surface area contributed by atoms with Crippen LogP contribution in [0.5, 0.6) is 0 Å². The van der Waals surface area contributed by atoms with Crippen LogP contribution in [0.15, 0.2) is 48.5 Å². The normalized spacial score (nSPS) is 12.9. The lowest BCUT2D eigenvalue weighted by atomic mass is 10.0. The van der Waals surface area contributed by atoms with Crippen molar-refractivity contribution in [1.29, 1.82) is 5.26 Å². The van der Waals surface area contributed by atoms with Crippen molar-refractivity contribution >= 4 is 33.8 Å². The van der Waals surface area contributed by atoms with Crippen LogP contribution >= 0.6 is 0 Å². The van der Waals surface area contributed by atoms with Gasteiger partial charge in [0.25, 0.3) is 0 Å². The van der Waals surface area contributed by atoms with Crippen molar-refractivity contribution in [1.82, 2.24) is 0 Å². The van der Waals surface area contributed by atoms with Gasteiger partial charge in [0, 0.05) is 0 Å². The molecule has 38 heavy (non-hydrogen) atoms. The maximum absolute atomic E-state index is 9.03. The van der Waals surface area contributed by atoms with Gasteiger partial charge in [0.15, 0.2) is 16.6 Å². The Morgan fingerprint density at radius 2 is 1.08 bits per heavy atom. The van der Waals surface area contributed by atoms with Crippen LogP contribution in [0.25, 0.3) is 11.1 Å². The van der Waals surface area contributed by atoms with Crippen molar-refractivity contribution in [3.63, 3.8) is 0 Å². The first-order valence-corrected chi connectivity index (χ1v) is 26.2. The predicted molar refractivity (Wildman–Crippen MR) is 172 cm³/mol. The third kappa shape index (κ3) is 12.2. The summed E-state index contributed by atoms with van der Waals surface area (Å²) >= 11 is 0. The minimum Gasteiger partial charge on any atom is -0.436 e. The molecule has 0 spiro atoms. The van der Waals surface area contributed by atoms with Gasteiger partial charge in [-0.25, -0.2) is 0 Å². The second-order valence-electron chi connectivity index (χ2n) is 12.7. The van der Waals surface area contributed by atoms with Crippen LogP contribution in [0.4, 0.5) is 0 Å². The lowest BCUT2D eigenvalue weighted by Crippen LogP contribution is -2.56. The number of unbranched alkanes of at least 4 members (excludes halogenated alkanes) is 5. The molecule has 2 rings (SSSR count). The van der Waals surface area contributed by atoms with E-state index in [-0.39, 0.29) is 0 Å². The summed E-state index contributed by atoms with van der Waals surface area (Å²) in [6.45, 7) is 20.4. The van der Waals surface area contributed by atoms with E-state index in [2.05, 4.69) is 89.6 Å². The zero-order valence-corrected chi connectivity index (χ0v) is 29.4. The van der Waals surface area contributed by atoms with Gasteiger partial charge in [0.05, 0.1) is 11.6 Å². The molecule has 0 saturated heterocycles. The van der Waals surface area contributed by atoms with E-state index in [1.165, 1.54) is 50.1 Å². The third-order valence-corrected chi connectivity index (χ3v) is 21.7. The summed E-state index contributed by atoms with van der Waals surface area (Å²) in [5.74, 6) is 0. The maximum atomic E-state index is 9.03. The highest BCUT2D eigenvalue weighted by Crippen LogP contribution is 2.28.